The van der Waals surface area contributed by atoms with Gasteiger partial charge in [-0.25, -0.2) is 4.79 Å². The number of hydrogen-bond donors (Lipinski definition) is 0. The summed E-state index contributed by atoms with van der Waals surface area (Å²) >= 11 is 0. The predicted molar refractivity (Wildman–Crippen MR) is 86.8 cm³/mol. The van der Waals surface area contributed by atoms with Gasteiger partial charge in [-0.15, -0.1) is 6.58 Å². The smallest absolute Gasteiger partial charge is 0.412 e. The largest absolute Gasteiger partial charge is 0.466 e. The van der Waals surface area contributed by atoms with Gasteiger partial charge in [0.1, 0.15) is 11.3 Å². The van der Waals surface area contributed by atoms with E-state index in [1.54, 1.807) is 31.7 Å². The first-order valence-electron chi connectivity index (χ1n) is 7.96. The molecule has 0 bridgehead atoms. The Bertz CT molecular complexity index is 452. The van der Waals surface area contributed by atoms with Crippen LogP contribution in [0.3, 0.4) is 0 Å². The van der Waals surface area contributed by atoms with E-state index in [9.17, 15) is 9.59 Å². The summed E-state index contributed by atoms with van der Waals surface area (Å²) in [5.74, 6) is -0.574. The molecule has 0 aromatic rings. The lowest BCUT2D eigenvalue weighted by atomic mass is 9.95. The highest BCUT2D eigenvalue weighted by molar-refractivity contribution is 5.72. The summed E-state index contributed by atoms with van der Waals surface area (Å²) in [5.41, 5.74) is -1.41. The van der Waals surface area contributed by atoms with Crippen LogP contribution in [0.4, 0.5) is 4.79 Å². The van der Waals surface area contributed by atoms with Crippen molar-refractivity contribution in [3.8, 4) is 0 Å². The summed E-state index contributed by atoms with van der Waals surface area (Å²) in [5, 5.41) is 0. The molecule has 0 aromatic carbocycles. The van der Waals surface area contributed by atoms with E-state index >= 15 is 0 Å². The van der Waals surface area contributed by atoms with Crippen molar-refractivity contribution >= 4 is 12.1 Å². The van der Waals surface area contributed by atoms with Gasteiger partial charge in [0.25, 0.3) is 0 Å². The SMILES string of the molecule is C=C[C@@H](CC(=O)OCC)[C@H]1COC(C)(C)N1C(=O)OC(C)(C)C. The highest BCUT2D eigenvalue weighted by Gasteiger charge is 2.48. The summed E-state index contributed by atoms with van der Waals surface area (Å²) in [6.07, 6.45) is 1.37. The average molecular weight is 327 g/mol. The number of esters is 1. The van der Waals surface area contributed by atoms with E-state index in [4.69, 9.17) is 14.2 Å². The minimum absolute atomic E-state index is 0.154. The molecule has 23 heavy (non-hydrogen) atoms. The Kier molecular flexibility index (Phi) is 6.22. The maximum Gasteiger partial charge on any atom is 0.412 e. The van der Waals surface area contributed by atoms with Crippen LogP contribution < -0.4 is 0 Å². The maximum absolute atomic E-state index is 12.6. The van der Waals surface area contributed by atoms with Gasteiger partial charge in [-0.2, -0.15) is 0 Å². The van der Waals surface area contributed by atoms with Crippen LogP contribution in [-0.4, -0.2) is 47.5 Å². The molecule has 132 valence electrons. The Morgan fingerprint density at radius 3 is 2.52 bits per heavy atom. The number of amides is 1. The van der Waals surface area contributed by atoms with Crippen molar-refractivity contribution in [3.05, 3.63) is 12.7 Å². The van der Waals surface area contributed by atoms with E-state index < -0.39 is 17.4 Å². The van der Waals surface area contributed by atoms with Crippen molar-refractivity contribution in [1.29, 1.82) is 0 Å². The molecule has 1 aliphatic rings. The fourth-order valence-electron chi connectivity index (χ4n) is 2.60. The zero-order chi connectivity index (χ0) is 17.8. The van der Waals surface area contributed by atoms with E-state index in [2.05, 4.69) is 6.58 Å². The molecule has 6 nitrogen and oxygen atoms in total. The molecular formula is C17H29NO5. The molecule has 1 saturated heterocycles. The lowest BCUT2D eigenvalue weighted by Crippen LogP contribution is -2.52. The van der Waals surface area contributed by atoms with Gasteiger partial charge in [-0.3, -0.25) is 9.69 Å². The average Bonchev–Trinajstić information content (AvgIpc) is 2.70. The second-order valence-electron chi connectivity index (χ2n) is 7.08. The lowest BCUT2D eigenvalue weighted by molar-refractivity contribution is -0.144. The fourth-order valence-corrected chi connectivity index (χ4v) is 2.60. The molecular weight excluding hydrogens is 298 g/mol. The van der Waals surface area contributed by atoms with Gasteiger partial charge >= 0.3 is 12.1 Å². The normalized spacial score (nSPS) is 21.7. The summed E-state index contributed by atoms with van der Waals surface area (Å²) in [6.45, 7) is 15.3. The number of hydrogen-bond acceptors (Lipinski definition) is 5. The number of rotatable bonds is 5. The van der Waals surface area contributed by atoms with Gasteiger partial charge in [-0.05, 0) is 41.5 Å². The van der Waals surface area contributed by atoms with E-state index in [-0.39, 0.29) is 24.3 Å². The predicted octanol–water partition coefficient (Wildman–Crippen LogP) is 3.11. The Morgan fingerprint density at radius 2 is 2.04 bits per heavy atom. The number of carbonyl (C=O) groups excluding carboxylic acids is 2. The van der Waals surface area contributed by atoms with Crippen LogP contribution in [0.1, 0.15) is 48.0 Å². The van der Waals surface area contributed by atoms with Crippen molar-refractivity contribution < 1.29 is 23.8 Å². The van der Waals surface area contributed by atoms with Crippen molar-refractivity contribution in [1.82, 2.24) is 4.90 Å². The number of nitrogens with zero attached hydrogens (tertiary/aromatic N) is 1. The molecule has 1 fully saturated rings. The topological polar surface area (TPSA) is 65.1 Å². The zero-order valence-electron chi connectivity index (χ0n) is 15.0. The molecule has 0 aromatic heterocycles. The third-order valence-corrected chi connectivity index (χ3v) is 3.61. The summed E-state index contributed by atoms with van der Waals surface area (Å²) in [6, 6.07) is -0.318. The van der Waals surface area contributed by atoms with Gasteiger partial charge in [-0.1, -0.05) is 6.08 Å². The minimum atomic E-state index is -0.803. The molecule has 0 radical (unpaired) electrons. The molecule has 1 amide bonds. The molecule has 0 N–H and O–H groups in total. The zero-order valence-corrected chi connectivity index (χ0v) is 15.0. The van der Waals surface area contributed by atoms with Crippen molar-refractivity contribution in [2.45, 2.75) is 65.3 Å². The summed E-state index contributed by atoms with van der Waals surface area (Å²) in [4.78, 5) is 25.9. The first-order valence-corrected chi connectivity index (χ1v) is 7.96. The minimum Gasteiger partial charge on any atom is -0.466 e. The number of ether oxygens (including phenoxy) is 3. The standard InChI is InChI=1S/C17H29NO5/c1-8-12(10-14(19)21-9-2)13-11-22-17(6,7)18(13)15(20)23-16(3,4)5/h8,12-13H,1,9-11H2,2-7H3/t12-,13+/m0/s1. The lowest BCUT2D eigenvalue weighted by Gasteiger charge is -2.36. The van der Waals surface area contributed by atoms with Crippen LogP contribution in [0.5, 0.6) is 0 Å². The van der Waals surface area contributed by atoms with Gasteiger partial charge in [0.05, 0.1) is 25.7 Å². The van der Waals surface area contributed by atoms with Crippen LogP contribution in [0.2, 0.25) is 0 Å². The second-order valence-corrected chi connectivity index (χ2v) is 7.08. The van der Waals surface area contributed by atoms with E-state index in [1.807, 2.05) is 20.8 Å². The van der Waals surface area contributed by atoms with Crippen LogP contribution in [0.15, 0.2) is 12.7 Å². The van der Waals surface area contributed by atoms with Crippen LogP contribution in [-0.2, 0) is 19.0 Å². The molecule has 1 aliphatic heterocycles. The maximum atomic E-state index is 12.6. The van der Waals surface area contributed by atoms with Crippen molar-refractivity contribution in [2.75, 3.05) is 13.2 Å². The van der Waals surface area contributed by atoms with Crippen LogP contribution in [0, 0.1) is 5.92 Å². The highest BCUT2D eigenvalue weighted by Crippen LogP contribution is 2.34. The quantitative estimate of drug-likeness (QED) is 0.573. The monoisotopic (exact) mass is 327 g/mol. The van der Waals surface area contributed by atoms with Crippen molar-refractivity contribution in [3.63, 3.8) is 0 Å². The van der Waals surface area contributed by atoms with Gasteiger partial charge in [0, 0.05) is 5.92 Å². The fraction of sp³-hybridized carbons (Fsp3) is 0.765. The Morgan fingerprint density at radius 1 is 1.43 bits per heavy atom. The Labute approximate surface area is 138 Å². The Balaban J connectivity index is 2.95. The number of carbonyl (C=O) groups is 2. The molecule has 1 rings (SSSR count). The first kappa shape index (κ1) is 19.5. The molecule has 1 heterocycles. The third-order valence-electron chi connectivity index (χ3n) is 3.61. The van der Waals surface area contributed by atoms with Gasteiger partial charge in [0.15, 0.2) is 0 Å². The van der Waals surface area contributed by atoms with E-state index in [1.165, 1.54) is 0 Å². The van der Waals surface area contributed by atoms with Gasteiger partial charge in [0.2, 0.25) is 0 Å². The first-order chi connectivity index (χ1) is 10.5. The third kappa shape index (κ3) is 5.23. The van der Waals surface area contributed by atoms with Crippen LogP contribution >= 0.6 is 0 Å². The van der Waals surface area contributed by atoms with Crippen molar-refractivity contribution in [2.24, 2.45) is 5.92 Å². The molecule has 0 aliphatic carbocycles. The molecule has 6 heteroatoms. The van der Waals surface area contributed by atoms with E-state index in [0.29, 0.717) is 13.2 Å². The second kappa shape index (κ2) is 7.34. The highest BCUT2D eigenvalue weighted by atomic mass is 16.6. The summed E-state index contributed by atoms with van der Waals surface area (Å²) in [7, 11) is 0. The molecule has 2 atom stereocenters. The van der Waals surface area contributed by atoms with Crippen LogP contribution in [0.25, 0.3) is 0 Å². The molecule has 0 spiro atoms. The van der Waals surface area contributed by atoms with Gasteiger partial charge < -0.3 is 14.2 Å². The summed E-state index contributed by atoms with van der Waals surface area (Å²) < 4.78 is 16.2. The molecule has 0 saturated carbocycles. The van der Waals surface area contributed by atoms with E-state index in [0.717, 1.165) is 0 Å². The Hall–Kier alpha value is -1.56. The molecule has 0 unspecified atom stereocenters.